The van der Waals surface area contributed by atoms with Gasteiger partial charge >= 0.3 is 48.6 Å². The third-order valence-corrected chi connectivity index (χ3v) is 26.3. The number of carboxylic acids is 4. The van der Waals surface area contributed by atoms with Crippen LogP contribution in [0, 0.1) is 5.82 Å². The lowest BCUT2D eigenvalue weighted by atomic mass is 9.96. The van der Waals surface area contributed by atoms with E-state index in [1.807, 2.05) is 13.0 Å². The van der Waals surface area contributed by atoms with Gasteiger partial charge in [-0.25, -0.2) is 67.2 Å². The minimum atomic E-state index is -4.75. The Hall–Kier alpha value is -12.5. The van der Waals surface area contributed by atoms with Gasteiger partial charge in [0.25, 0.3) is 0 Å². The van der Waals surface area contributed by atoms with Crippen LogP contribution < -0.4 is 0 Å². The number of nitrogens with one attached hydrogen (secondary N) is 1. The smallest absolute Gasteiger partial charge is 0.416 e. The molecule has 0 unspecified atom stereocenters. The number of hydrogen-bond donors (Lipinski definition) is 5. The number of aromatic amines is 1. The maximum atomic E-state index is 14.3. The monoisotopic (exact) mass is 1800 g/mol. The topological polar surface area (TPSA) is 340 Å². The molecule has 124 heavy (non-hydrogen) atoms. The maximum absolute atomic E-state index is 14.3. The second-order valence-electron chi connectivity index (χ2n) is 27.8. The summed E-state index contributed by atoms with van der Waals surface area (Å²) in [4.78, 5) is 59.0. The highest BCUT2D eigenvalue weighted by Crippen LogP contribution is 2.42. The number of sulfone groups is 4. The maximum Gasteiger partial charge on any atom is 0.416 e. The summed E-state index contributed by atoms with van der Waals surface area (Å²) in [6, 6.07) is 33.2. The first-order chi connectivity index (χ1) is 57.9. The number of rotatable bonds is 24. The Morgan fingerprint density at radius 2 is 0.677 bits per heavy atom. The Bertz CT molecular complexity index is 6460. The summed E-state index contributed by atoms with van der Waals surface area (Å²) in [5.41, 5.74) is -1.11. The molecule has 1 aliphatic rings. The molecule has 3 heterocycles. The molecule has 0 saturated heterocycles. The van der Waals surface area contributed by atoms with E-state index in [0.717, 1.165) is 96.1 Å². The number of nitrogens with zero attached hydrogens (tertiary/aromatic N) is 3. The molecule has 20 nitrogen and oxygen atoms in total. The molecule has 37 heteroatoms. The fraction of sp³-hybridized carbons (Fsp3) is 0.207. The van der Waals surface area contributed by atoms with Crippen LogP contribution >= 0.6 is 0 Å². The van der Waals surface area contributed by atoms with Gasteiger partial charge in [-0.2, -0.15) is 52.7 Å². The van der Waals surface area contributed by atoms with Crippen LogP contribution in [-0.2, 0) is 113 Å². The summed E-state index contributed by atoms with van der Waals surface area (Å²) in [5.74, 6) is -9.03. The lowest BCUT2D eigenvalue weighted by Crippen LogP contribution is -2.13. The van der Waals surface area contributed by atoms with Crippen molar-refractivity contribution in [3.8, 4) is 33.9 Å². The number of allylic oxidation sites excluding steroid dienone is 4. The van der Waals surface area contributed by atoms with Gasteiger partial charge in [-0.15, -0.1) is 0 Å². The van der Waals surface area contributed by atoms with Crippen molar-refractivity contribution in [2.24, 2.45) is 0 Å². The van der Waals surface area contributed by atoms with Crippen molar-refractivity contribution in [2.75, 3.05) is 0 Å². The number of aromatic nitrogens is 4. The minimum absolute atomic E-state index is 0.0324. The van der Waals surface area contributed by atoms with E-state index >= 15 is 0 Å². The number of aryl methyl sites for hydroxylation is 4. The molecule has 3 aromatic heterocycles. The number of H-pyrrole nitrogens is 1. The first-order valence-corrected chi connectivity index (χ1v) is 43.6. The Morgan fingerprint density at radius 3 is 0.984 bits per heavy atom. The van der Waals surface area contributed by atoms with E-state index in [1.54, 1.807) is 52.1 Å². The van der Waals surface area contributed by atoms with E-state index in [4.69, 9.17) is 0 Å². The Kier molecular flexibility index (Phi) is 29.6. The van der Waals surface area contributed by atoms with Crippen LogP contribution in [0.1, 0.15) is 155 Å². The lowest BCUT2D eigenvalue weighted by Gasteiger charge is -2.16. The highest BCUT2D eigenvalue weighted by molar-refractivity contribution is 7.91. The average Bonchev–Trinajstić information content (AvgIpc) is 1.15. The van der Waals surface area contributed by atoms with Crippen molar-refractivity contribution in [1.29, 1.82) is 0 Å². The highest BCUT2D eigenvalue weighted by atomic mass is 32.2. The molecule has 0 atom stereocenters. The predicted molar refractivity (Wildman–Crippen MR) is 431 cm³/mol. The molecule has 652 valence electrons. The third-order valence-electron chi connectivity index (χ3n) is 19.3. The number of aromatic carboxylic acids is 4. The van der Waals surface area contributed by atoms with Gasteiger partial charge < -0.3 is 25.4 Å². The highest BCUT2D eigenvalue weighted by Gasteiger charge is 2.38. The number of carboxylic acid groups (broad SMARTS) is 4. The van der Waals surface area contributed by atoms with E-state index in [9.17, 15) is 130 Å². The molecule has 1 aliphatic carbocycles. The van der Waals surface area contributed by atoms with Crippen molar-refractivity contribution < 1.29 is 130 Å². The van der Waals surface area contributed by atoms with Gasteiger partial charge in [0.15, 0.2) is 45.2 Å². The molecule has 0 amide bonds. The molecule has 0 fully saturated rings. The Balaban J connectivity index is 0.000000187. The fourth-order valence-electron chi connectivity index (χ4n) is 13.2. The van der Waals surface area contributed by atoms with Gasteiger partial charge in [0, 0.05) is 47.2 Å². The second kappa shape index (κ2) is 38.5. The largest absolute Gasteiger partial charge is 0.478 e. The van der Waals surface area contributed by atoms with Crippen LogP contribution in [0.3, 0.4) is 0 Å². The van der Waals surface area contributed by atoms with E-state index in [1.165, 1.54) is 91.4 Å². The van der Waals surface area contributed by atoms with Crippen LogP contribution in [-0.4, -0.2) is 97.9 Å². The van der Waals surface area contributed by atoms with Crippen LogP contribution in [0.2, 0.25) is 0 Å². The molecule has 11 aromatic rings. The van der Waals surface area contributed by atoms with Gasteiger partial charge in [-0.3, -0.25) is 4.98 Å². The van der Waals surface area contributed by atoms with Gasteiger partial charge in [-0.1, -0.05) is 94.0 Å². The lowest BCUT2D eigenvalue weighted by molar-refractivity contribution is -0.138. The summed E-state index contributed by atoms with van der Waals surface area (Å²) in [6.07, 6.45) is -7.74. The quantitative estimate of drug-likeness (QED) is 0.0351. The van der Waals surface area contributed by atoms with Crippen LogP contribution in [0.4, 0.5) is 57.1 Å². The summed E-state index contributed by atoms with van der Waals surface area (Å²) in [7, 11) is -16.7. The molecule has 0 bridgehead atoms. The van der Waals surface area contributed by atoms with Gasteiger partial charge in [0.1, 0.15) is 11.5 Å². The van der Waals surface area contributed by atoms with Crippen LogP contribution in [0.5, 0.6) is 0 Å². The number of alkyl halides is 12. The standard InChI is InChI=1S/C23H21F3O4S.C22H17F4NO4S.C21H17F3N2O4S.C21H18F3NO4S/c1-3-15-6-7-17(22(27)28)12-21(15)31(29,30)13-18-11-19(23(24,25)26)8-9-20(18)16-5-4-14(2)10-16;1-2-13-5-6-14(21(28)29)11-19(13)32(30,31)12-15-10-16(22(24,25)26)7-8-17(15)20-18(23)4-3-9-27-20;1-2-13-4-5-14(20(27)28)11-18(13)31(29,30)12-15-10-16(21(22,23)24)6-7-17(15)19-25-8-3-9-26-19;1-2-13-5-6-14(20(26)27)11-19(13)30(28,29)12-15-10-16(21(22,23)24)7-8-17(15)18-4-3-9-25-18/h4-9,11-12H,3,10,13H2,1-2H3,(H,27,28);3-11H,2,12H2,1H3,(H,28,29);3-11H,2,12H2,1H3,(H,27,28);3-11,25H,2,12H2,1H3,(H,26,27). The zero-order valence-electron chi connectivity index (χ0n) is 65.6. The number of halogens is 13. The van der Waals surface area contributed by atoms with Crippen molar-refractivity contribution in [3.63, 3.8) is 0 Å². The van der Waals surface area contributed by atoms with Crippen molar-refractivity contribution >= 4 is 68.8 Å². The number of carbonyl (C=O) groups is 4. The van der Waals surface area contributed by atoms with E-state index in [-0.39, 0.29) is 93.2 Å². The summed E-state index contributed by atoms with van der Waals surface area (Å²) in [5, 5.41) is 36.9. The van der Waals surface area contributed by atoms with Gasteiger partial charge in [0.2, 0.25) is 0 Å². The molecular weight excluding hydrogens is 1730 g/mol. The van der Waals surface area contributed by atoms with E-state index < -0.39 is 139 Å². The van der Waals surface area contributed by atoms with Crippen molar-refractivity contribution in [3.05, 3.63) is 319 Å². The zero-order chi connectivity index (χ0) is 91.6. The average molecular weight is 1810 g/mol. The molecule has 8 aromatic carbocycles. The first kappa shape index (κ1) is 95.4. The van der Waals surface area contributed by atoms with Crippen LogP contribution in [0.15, 0.2) is 238 Å². The normalized spacial score (nSPS) is 12.6. The molecule has 12 rings (SSSR count). The fourth-order valence-corrected chi connectivity index (χ4v) is 20.0. The molecule has 0 spiro atoms. The third kappa shape index (κ3) is 23.5. The minimum Gasteiger partial charge on any atom is -0.478 e. The number of benzene rings is 8. The van der Waals surface area contributed by atoms with Crippen molar-refractivity contribution in [1.82, 2.24) is 19.9 Å². The first-order valence-electron chi connectivity index (χ1n) is 37.0. The Labute approximate surface area is 701 Å². The molecule has 0 aliphatic heterocycles. The van der Waals surface area contributed by atoms with Crippen molar-refractivity contribution in [2.45, 2.75) is 134 Å². The van der Waals surface area contributed by atoms with Gasteiger partial charge in [0.05, 0.1) is 87.1 Å². The van der Waals surface area contributed by atoms with Gasteiger partial charge in [-0.05, 0) is 222 Å². The second-order valence-corrected chi connectivity index (χ2v) is 35.6. The Morgan fingerprint density at radius 1 is 0.363 bits per heavy atom. The van der Waals surface area contributed by atoms with E-state index in [0.29, 0.717) is 70.8 Å². The molecular formula is C87H73F13N4O16S4. The number of hydrogen-bond acceptors (Lipinski definition) is 15. The predicted octanol–water partition coefficient (Wildman–Crippen LogP) is 20.1. The van der Waals surface area contributed by atoms with E-state index in [2.05, 4.69) is 19.9 Å². The summed E-state index contributed by atoms with van der Waals surface area (Å²) in [6.45, 7) is 8.68. The summed E-state index contributed by atoms with van der Waals surface area (Å²) < 4.78 is 279. The molecule has 0 saturated carbocycles. The molecule has 5 N–H and O–H groups in total. The molecule has 0 radical (unpaired) electrons. The van der Waals surface area contributed by atoms with Crippen LogP contribution in [0.25, 0.3) is 39.5 Å². The number of pyridine rings is 1. The SMILES string of the molecule is CCc1ccc(C(=O)O)cc1S(=O)(=O)Cc1cc(C(F)(F)F)ccc1-c1ccc[nH]1.CCc1ccc(C(=O)O)cc1S(=O)(=O)Cc1cc(C(F)(F)F)ccc1-c1ncccc1F.CCc1ccc(C(=O)O)cc1S(=O)(=O)Cc1cc(C(F)(F)F)ccc1-c1ncccn1.CCc1ccc(C(=O)O)cc1S(=O)(=O)Cc1cc(C(F)(F)F)ccc1C1=CC=C(C)C1. The summed E-state index contributed by atoms with van der Waals surface area (Å²) >= 11 is 0. The zero-order valence-corrected chi connectivity index (χ0v) is 68.9.